The van der Waals surface area contributed by atoms with Crippen molar-refractivity contribution < 1.29 is 13.9 Å². The molecule has 0 aliphatic rings. The van der Waals surface area contributed by atoms with E-state index in [0.29, 0.717) is 24.5 Å². The average molecular weight is 234 g/mol. The summed E-state index contributed by atoms with van der Waals surface area (Å²) in [4.78, 5) is 11.6. The maximum absolute atomic E-state index is 11.6. The number of hydrogen-bond donors (Lipinski definition) is 0. The quantitative estimate of drug-likeness (QED) is 0.763. The van der Waals surface area contributed by atoms with Crippen LogP contribution in [0.1, 0.15) is 13.8 Å². The molecule has 4 heteroatoms. The number of hydrogen-bond acceptors (Lipinski definition) is 4. The molecule has 1 heterocycles. The van der Waals surface area contributed by atoms with Gasteiger partial charge in [0.1, 0.15) is 11.3 Å². The first-order chi connectivity index (χ1) is 8.24. The van der Waals surface area contributed by atoms with Crippen LogP contribution in [0.3, 0.4) is 0 Å². The van der Waals surface area contributed by atoms with Crippen LogP contribution in [0.15, 0.2) is 33.5 Å². The molecule has 1 aromatic carbocycles. The largest absolute Gasteiger partial charge is 0.494 e. The highest BCUT2D eigenvalue weighted by molar-refractivity contribution is 5.79. The highest BCUT2D eigenvalue weighted by Crippen LogP contribution is 2.22. The second-order valence-electron chi connectivity index (χ2n) is 3.46. The third kappa shape index (κ3) is 2.41. The minimum absolute atomic E-state index is 0.240. The van der Waals surface area contributed by atoms with Gasteiger partial charge in [0, 0.05) is 11.5 Å². The van der Waals surface area contributed by atoms with Crippen LogP contribution >= 0.6 is 0 Å². The fourth-order valence-corrected chi connectivity index (χ4v) is 1.59. The SMILES string of the molecule is CCOc1ccc2cc(OCC)c(=O)oc2c1. The molecule has 0 unspecified atom stereocenters. The van der Waals surface area contributed by atoms with Gasteiger partial charge in [-0.3, -0.25) is 0 Å². The molecule has 0 saturated heterocycles. The third-order valence-electron chi connectivity index (χ3n) is 2.29. The van der Waals surface area contributed by atoms with Crippen molar-refractivity contribution in [1.82, 2.24) is 0 Å². The molecule has 90 valence electrons. The van der Waals surface area contributed by atoms with E-state index in [1.807, 2.05) is 26.0 Å². The Labute approximate surface area is 98.8 Å². The van der Waals surface area contributed by atoms with Gasteiger partial charge in [-0.2, -0.15) is 0 Å². The predicted octanol–water partition coefficient (Wildman–Crippen LogP) is 2.59. The zero-order valence-electron chi connectivity index (χ0n) is 9.86. The van der Waals surface area contributed by atoms with Gasteiger partial charge < -0.3 is 13.9 Å². The van der Waals surface area contributed by atoms with E-state index in [9.17, 15) is 4.79 Å². The molecule has 0 atom stereocenters. The van der Waals surface area contributed by atoms with Crippen LogP contribution < -0.4 is 15.1 Å². The van der Waals surface area contributed by atoms with E-state index in [1.54, 1.807) is 12.1 Å². The second-order valence-corrected chi connectivity index (χ2v) is 3.46. The fraction of sp³-hybridized carbons (Fsp3) is 0.308. The van der Waals surface area contributed by atoms with E-state index < -0.39 is 5.63 Å². The van der Waals surface area contributed by atoms with E-state index in [2.05, 4.69) is 0 Å². The monoisotopic (exact) mass is 234 g/mol. The summed E-state index contributed by atoms with van der Waals surface area (Å²) in [6, 6.07) is 7.06. The van der Waals surface area contributed by atoms with E-state index in [1.165, 1.54) is 0 Å². The first-order valence-electron chi connectivity index (χ1n) is 5.58. The third-order valence-corrected chi connectivity index (χ3v) is 2.29. The van der Waals surface area contributed by atoms with Crippen LogP contribution in [-0.2, 0) is 0 Å². The molecule has 0 aliphatic carbocycles. The average Bonchev–Trinajstić information content (AvgIpc) is 2.31. The van der Waals surface area contributed by atoms with E-state index in [4.69, 9.17) is 13.9 Å². The number of ether oxygens (including phenoxy) is 2. The Morgan fingerprint density at radius 3 is 2.59 bits per heavy atom. The molecule has 17 heavy (non-hydrogen) atoms. The van der Waals surface area contributed by atoms with Gasteiger partial charge >= 0.3 is 5.63 Å². The van der Waals surface area contributed by atoms with Gasteiger partial charge in [0.05, 0.1) is 13.2 Å². The van der Waals surface area contributed by atoms with Crippen LogP contribution in [0.5, 0.6) is 11.5 Å². The molecule has 0 spiro atoms. The summed E-state index contributed by atoms with van der Waals surface area (Å²) in [7, 11) is 0. The van der Waals surface area contributed by atoms with Crippen LogP contribution in [-0.4, -0.2) is 13.2 Å². The van der Waals surface area contributed by atoms with Gasteiger partial charge in [-0.1, -0.05) is 0 Å². The minimum atomic E-state index is -0.465. The number of benzene rings is 1. The van der Waals surface area contributed by atoms with Gasteiger partial charge in [-0.25, -0.2) is 4.79 Å². The van der Waals surface area contributed by atoms with Crippen molar-refractivity contribution in [3.63, 3.8) is 0 Å². The zero-order valence-corrected chi connectivity index (χ0v) is 9.86. The standard InChI is InChI=1S/C13H14O4/c1-3-15-10-6-5-9-7-12(16-4-2)13(14)17-11(9)8-10/h5-8H,3-4H2,1-2H3. The summed E-state index contributed by atoms with van der Waals surface area (Å²) in [5, 5.41) is 0.816. The molecule has 0 saturated carbocycles. The maximum atomic E-state index is 11.6. The molecule has 0 aliphatic heterocycles. The van der Waals surface area contributed by atoms with Crippen molar-refractivity contribution in [1.29, 1.82) is 0 Å². The molecule has 0 amide bonds. The topological polar surface area (TPSA) is 48.7 Å². The lowest BCUT2D eigenvalue weighted by atomic mass is 10.2. The lowest BCUT2D eigenvalue weighted by Gasteiger charge is -2.05. The Balaban J connectivity index is 2.50. The van der Waals surface area contributed by atoms with Crippen molar-refractivity contribution in [2.24, 2.45) is 0 Å². The van der Waals surface area contributed by atoms with E-state index >= 15 is 0 Å². The van der Waals surface area contributed by atoms with Crippen LogP contribution in [0.25, 0.3) is 11.0 Å². The van der Waals surface area contributed by atoms with Crippen molar-refractivity contribution in [3.05, 3.63) is 34.7 Å². The molecule has 4 nitrogen and oxygen atoms in total. The van der Waals surface area contributed by atoms with E-state index in [0.717, 1.165) is 5.39 Å². The minimum Gasteiger partial charge on any atom is -0.494 e. The molecule has 2 rings (SSSR count). The summed E-state index contributed by atoms with van der Waals surface area (Å²) < 4.78 is 15.7. The molecular formula is C13H14O4. The molecule has 0 fully saturated rings. The molecular weight excluding hydrogens is 220 g/mol. The van der Waals surface area contributed by atoms with Crippen LogP contribution in [0.2, 0.25) is 0 Å². The maximum Gasteiger partial charge on any atom is 0.379 e. The Morgan fingerprint density at radius 2 is 1.88 bits per heavy atom. The van der Waals surface area contributed by atoms with Gasteiger partial charge in [-0.15, -0.1) is 0 Å². The van der Waals surface area contributed by atoms with Gasteiger partial charge in [0.25, 0.3) is 0 Å². The van der Waals surface area contributed by atoms with Crippen molar-refractivity contribution in [2.75, 3.05) is 13.2 Å². The highest BCUT2D eigenvalue weighted by atomic mass is 16.5. The number of rotatable bonds is 4. The predicted molar refractivity (Wildman–Crippen MR) is 64.8 cm³/mol. The Kier molecular flexibility index (Phi) is 3.32. The summed E-state index contributed by atoms with van der Waals surface area (Å²) in [6.45, 7) is 4.74. The lowest BCUT2D eigenvalue weighted by molar-refractivity contribution is 0.321. The Bertz CT molecular complexity index is 571. The highest BCUT2D eigenvalue weighted by Gasteiger charge is 2.06. The fourth-order valence-electron chi connectivity index (χ4n) is 1.59. The summed E-state index contributed by atoms with van der Waals surface area (Å²) in [6.07, 6.45) is 0. The van der Waals surface area contributed by atoms with Crippen molar-refractivity contribution >= 4 is 11.0 Å². The molecule has 0 N–H and O–H groups in total. The zero-order chi connectivity index (χ0) is 12.3. The number of fused-ring (bicyclic) bond motifs is 1. The van der Waals surface area contributed by atoms with Gasteiger partial charge in [0.2, 0.25) is 5.75 Å². The lowest BCUT2D eigenvalue weighted by Crippen LogP contribution is -2.06. The van der Waals surface area contributed by atoms with Crippen LogP contribution in [0.4, 0.5) is 0 Å². The smallest absolute Gasteiger partial charge is 0.379 e. The van der Waals surface area contributed by atoms with Crippen LogP contribution in [0, 0.1) is 0 Å². The van der Waals surface area contributed by atoms with Gasteiger partial charge in [0.15, 0.2) is 0 Å². The molecule has 0 bridgehead atoms. The molecule has 2 aromatic rings. The first kappa shape index (κ1) is 11.5. The summed E-state index contributed by atoms with van der Waals surface area (Å²) in [5.74, 6) is 0.927. The second kappa shape index (κ2) is 4.91. The van der Waals surface area contributed by atoms with Gasteiger partial charge in [-0.05, 0) is 32.0 Å². The Morgan fingerprint density at radius 1 is 1.12 bits per heavy atom. The van der Waals surface area contributed by atoms with Crippen molar-refractivity contribution in [2.45, 2.75) is 13.8 Å². The Hall–Kier alpha value is -1.97. The first-order valence-corrected chi connectivity index (χ1v) is 5.58. The summed E-state index contributed by atoms with van der Waals surface area (Å²) >= 11 is 0. The van der Waals surface area contributed by atoms with Crippen molar-refractivity contribution in [3.8, 4) is 11.5 Å². The van der Waals surface area contributed by atoms with E-state index in [-0.39, 0.29) is 5.75 Å². The summed E-state index contributed by atoms with van der Waals surface area (Å²) in [5.41, 5.74) is 0.0393. The molecule has 1 aromatic heterocycles. The molecule has 0 radical (unpaired) electrons. The normalized spacial score (nSPS) is 10.5.